The van der Waals surface area contributed by atoms with Gasteiger partial charge < -0.3 is 5.32 Å². The van der Waals surface area contributed by atoms with E-state index in [1.807, 2.05) is 0 Å². The first-order valence-electron chi connectivity index (χ1n) is 7.49. The summed E-state index contributed by atoms with van der Waals surface area (Å²) < 4.78 is 0. The molecule has 2 fully saturated rings. The number of nitrogens with one attached hydrogen (secondary N) is 1. The first kappa shape index (κ1) is 13.4. The van der Waals surface area contributed by atoms with E-state index >= 15 is 0 Å². The van der Waals surface area contributed by atoms with E-state index in [2.05, 4.69) is 37.9 Å². The van der Waals surface area contributed by atoms with Gasteiger partial charge in [0.25, 0.3) is 0 Å². The molecule has 0 unspecified atom stereocenters. The molecule has 1 aliphatic carbocycles. The van der Waals surface area contributed by atoms with Gasteiger partial charge in [-0.1, -0.05) is 27.7 Å². The van der Waals surface area contributed by atoms with Crippen LogP contribution >= 0.6 is 0 Å². The molecule has 2 heteroatoms. The van der Waals surface area contributed by atoms with Crippen molar-refractivity contribution in [2.45, 2.75) is 65.5 Å². The summed E-state index contributed by atoms with van der Waals surface area (Å²) in [6, 6.07) is 1.70. The quantitative estimate of drug-likeness (QED) is 0.813. The minimum Gasteiger partial charge on any atom is -0.314 e. The Kier molecular flexibility index (Phi) is 4.14. The highest BCUT2D eigenvalue weighted by Gasteiger charge is 2.34. The van der Waals surface area contributed by atoms with Gasteiger partial charge in [0, 0.05) is 25.2 Å². The molecule has 17 heavy (non-hydrogen) atoms. The summed E-state index contributed by atoms with van der Waals surface area (Å²) in [5.74, 6) is 0.942. The first-order chi connectivity index (χ1) is 8.02. The van der Waals surface area contributed by atoms with Crippen molar-refractivity contribution in [2.75, 3.05) is 19.6 Å². The van der Waals surface area contributed by atoms with Crippen LogP contribution in [0, 0.1) is 11.3 Å². The molecular weight excluding hydrogens is 208 g/mol. The monoisotopic (exact) mass is 238 g/mol. The van der Waals surface area contributed by atoms with Gasteiger partial charge in [-0.05, 0) is 43.6 Å². The lowest BCUT2D eigenvalue weighted by atomic mass is 9.71. The summed E-state index contributed by atoms with van der Waals surface area (Å²) in [4.78, 5) is 2.76. The third-order valence-electron chi connectivity index (χ3n) is 4.98. The SMILES string of the molecule is CCN(C1CCC(C(C)(C)C)CC1)C1CNC1. The summed E-state index contributed by atoms with van der Waals surface area (Å²) in [5, 5.41) is 3.41. The summed E-state index contributed by atoms with van der Waals surface area (Å²) in [5.41, 5.74) is 0.514. The lowest BCUT2D eigenvalue weighted by Gasteiger charge is -2.46. The summed E-state index contributed by atoms with van der Waals surface area (Å²) in [6.07, 6.45) is 5.72. The van der Waals surface area contributed by atoms with Gasteiger partial charge in [-0.25, -0.2) is 0 Å². The number of likely N-dealkylation sites (N-methyl/N-ethyl adjacent to an activating group) is 1. The zero-order chi connectivity index (χ0) is 12.5. The number of hydrogen-bond acceptors (Lipinski definition) is 2. The van der Waals surface area contributed by atoms with Crippen molar-refractivity contribution in [3.63, 3.8) is 0 Å². The topological polar surface area (TPSA) is 15.3 Å². The van der Waals surface area contributed by atoms with E-state index in [9.17, 15) is 0 Å². The van der Waals surface area contributed by atoms with E-state index in [-0.39, 0.29) is 0 Å². The molecule has 1 aliphatic heterocycles. The van der Waals surface area contributed by atoms with E-state index in [0.717, 1.165) is 18.0 Å². The van der Waals surface area contributed by atoms with Gasteiger partial charge in [0.15, 0.2) is 0 Å². The van der Waals surface area contributed by atoms with Crippen molar-refractivity contribution in [3.8, 4) is 0 Å². The fourth-order valence-corrected chi connectivity index (χ4v) is 3.60. The molecule has 2 aliphatic rings. The van der Waals surface area contributed by atoms with Crippen molar-refractivity contribution in [2.24, 2.45) is 11.3 Å². The van der Waals surface area contributed by atoms with Crippen LogP contribution in [0.2, 0.25) is 0 Å². The van der Waals surface area contributed by atoms with E-state index < -0.39 is 0 Å². The summed E-state index contributed by atoms with van der Waals surface area (Å²) in [6.45, 7) is 13.2. The van der Waals surface area contributed by atoms with Crippen LogP contribution in [-0.4, -0.2) is 36.6 Å². The molecule has 1 saturated heterocycles. The fraction of sp³-hybridized carbons (Fsp3) is 1.00. The molecule has 0 amide bonds. The van der Waals surface area contributed by atoms with Crippen molar-refractivity contribution in [1.29, 1.82) is 0 Å². The molecule has 1 N–H and O–H groups in total. The average Bonchev–Trinajstić information content (AvgIpc) is 2.22. The molecule has 2 nitrogen and oxygen atoms in total. The Morgan fingerprint density at radius 2 is 1.59 bits per heavy atom. The van der Waals surface area contributed by atoms with Gasteiger partial charge in [-0.3, -0.25) is 4.90 Å². The van der Waals surface area contributed by atoms with Crippen LogP contribution in [0.5, 0.6) is 0 Å². The average molecular weight is 238 g/mol. The van der Waals surface area contributed by atoms with E-state index in [4.69, 9.17) is 0 Å². The van der Waals surface area contributed by atoms with Crippen LogP contribution in [-0.2, 0) is 0 Å². The Morgan fingerprint density at radius 3 is 1.94 bits per heavy atom. The second kappa shape index (κ2) is 5.27. The molecule has 0 aromatic heterocycles. The van der Waals surface area contributed by atoms with Gasteiger partial charge in [0.1, 0.15) is 0 Å². The molecule has 0 radical (unpaired) electrons. The highest BCUT2D eigenvalue weighted by molar-refractivity contribution is 4.91. The molecule has 0 aromatic rings. The molecule has 0 bridgehead atoms. The highest BCUT2D eigenvalue weighted by Crippen LogP contribution is 2.39. The second-order valence-electron chi connectivity index (χ2n) is 7.01. The van der Waals surface area contributed by atoms with Crippen LogP contribution in [0.25, 0.3) is 0 Å². The lowest BCUT2D eigenvalue weighted by Crippen LogP contribution is -2.60. The van der Waals surface area contributed by atoms with Gasteiger partial charge in [-0.2, -0.15) is 0 Å². The molecule has 0 spiro atoms. The molecule has 0 aromatic carbocycles. The smallest absolute Gasteiger partial charge is 0.0348 e. The lowest BCUT2D eigenvalue weighted by molar-refractivity contribution is 0.0507. The molecule has 100 valence electrons. The minimum absolute atomic E-state index is 0.514. The maximum Gasteiger partial charge on any atom is 0.0348 e. The number of hydrogen-bond donors (Lipinski definition) is 1. The van der Waals surface area contributed by atoms with Gasteiger partial charge in [0.05, 0.1) is 0 Å². The highest BCUT2D eigenvalue weighted by atomic mass is 15.2. The van der Waals surface area contributed by atoms with Crippen LogP contribution in [0.4, 0.5) is 0 Å². The Morgan fingerprint density at radius 1 is 1.00 bits per heavy atom. The zero-order valence-corrected chi connectivity index (χ0v) is 12.1. The second-order valence-corrected chi connectivity index (χ2v) is 7.01. The van der Waals surface area contributed by atoms with E-state index in [1.165, 1.54) is 45.3 Å². The standard InChI is InChI=1S/C15H30N2/c1-5-17(14-10-16-11-14)13-8-6-12(7-9-13)15(2,3)4/h12-14,16H,5-11H2,1-4H3. The Hall–Kier alpha value is -0.0800. The van der Waals surface area contributed by atoms with Crippen LogP contribution in [0.3, 0.4) is 0 Å². The largest absolute Gasteiger partial charge is 0.314 e. The Bertz CT molecular complexity index is 232. The normalized spacial score (nSPS) is 31.6. The Balaban J connectivity index is 1.85. The third-order valence-corrected chi connectivity index (χ3v) is 4.98. The molecule has 2 rings (SSSR count). The third kappa shape index (κ3) is 3.03. The summed E-state index contributed by atoms with van der Waals surface area (Å²) >= 11 is 0. The molecule has 0 atom stereocenters. The number of nitrogens with zero attached hydrogens (tertiary/aromatic N) is 1. The van der Waals surface area contributed by atoms with E-state index in [0.29, 0.717) is 5.41 Å². The van der Waals surface area contributed by atoms with Crippen molar-refractivity contribution in [3.05, 3.63) is 0 Å². The van der Waals surface area contributed by atoms with Crippen molar-refractivity contribution in [1.82, 2.24) is 10.2 Å². The van der Waals surface area contributed by atoms with E-state index in [1.54, 1.807) is 0 Å². The predicted molar refractivity (Wildman–Crippen MR) is 74.2 cm³/mol. The first-order valence-corrected chi connectivity index (χ1v) is 7.49. The molecule has 1 heterocycles. The molecular formula is C15H30N2. The van der Waals surface area contributed by atoms with Crippen molar-refractivity contribution < 1.29 is 0 Å². The number of rotatable bonds is 3. The molecule has 1 saturated carbocycles. The zero-order valence-electron chi connectivity index (χ0n) is 12.1. The fourth-order valence-electron chi connectivity index (χ4n) is 3.60. The maximum atomic E-state index is 3.41. The van der Waals surface area contributed by atoms with Crippen LogP contribution < -0.4 is 5.32 Å². The summed E-state index contributed by atoms with van der Waals surface area (Å²) in [7, 11) is 0. The van der Waals surface area contributed by atoms with Gasteiger partial charge >= 0.3 is 0 Å². The minimum atomic E-state index is 0.514. The predicted octanol–water partition coefficient (Wildman–Crippen LogP) is 2.89. The Labute approximate surface area is 107 Å². The van der Waals surface area contributed by atoms with Gasteiger partial charge in [-0.15, -0.1) is 0 Å². The van der Waals surface area contributed by atoms with Crippen LogP contribution in [0.1, 0.15) is 53.4 Å². The van der Waals surface area contributed by atoms with Crippen molar-refractivity contribution >= 4 is 0 Å². The maximum absolute atomic E-state index is 3.41. The van der Waals surface area contributed by atoms with Crippen LogP contribution in [0.15, 0.2) is 0 Å². The van der Waals surface area contributed by atoms with Gasteiger partial charge in [0.2, 0.25) is 0 Å².